The second-order valence-electron chi connectivity index (χ2n) is 6.67. The number of hydrogen-bond donors (Lipinski definition) is 2. The molecule has 134 valence electrons. The maximum Gasteiger partial charge on any atom is 0.225 e. The van der Waals surface area contributed by atoms with Crippen LogP contribution >= 0.6 is 0 Å². The highest BCUT2D eigenvalue weighted by Crippen LogP contribution is 2.28. The number of rotatable bonds is 6. The Bertz CT molecular complexity index is 741. The Labute approximate surface area is 148 Å². The van der Waals surface area contributed by atoms with Gasteiger partial charge in [-0.15, -0.1) is 0 Å². The van der Waals surface area contributed by atoms with Crippen LogP contribution in [0.2, 0.25) is 0 Å². The number of carbonyl (C=O) groups is 1. The first-order chi connectivity index (χ1) is 12.1. The third-order valence-electron chi connectivity index (χ3n) is 4.83. The zero-order valence-corrected chi connectivity index (χ0v) is 15.1. The van der Waals surface area contributed by atoms with E-state index in [4.69, 9.17) is 4.74 Å². The van der Waals surface area contributed by atoms with Gasteiger partial charge in [-0.25, -0.2) is 0 Å². The average molecular weight is 342 g/mol. The summed E-state index contributed by atoms with van der Waals surface area (Å²) < 4.78 is 7.19. The van der Waals surface area contributed by atoms with Crippen LogP contribution in [0.3, 0.4) is 0 Å². The molecule has 3 rings (SSSR count). The minimum absolute atomic E-state index is 0.0522. The first-order valence-corrected chi connectivity index (χ1v) is 8.69. The van der Waals surface area contributed by atoms with Crippen molar-refractivity contribution in [3.05, 3.63) is 47.3 Å². The highest BCUT2D eigenvalue weighted by atomic mass is 16.5. The van der Waals surface area contributed by atoms with E-state index < -0.39 is 0 Å². The van der Waals surface area contributed by atoms with E-state index in [0.29, 0.717) is 13.1 Å². The summed E-state index contributed by atoms with van der Waals surface area (Å²) in [5, 5.41) is 10.6. The number of aryl methyl sites for hydroxylation is 2. The van der Waals surface area contributed by atoms with E-state index in [1.165, 1.54) is 5.56 Å². The van der Waals surface area contributed by atoms with Crippen molar-refractivity contribution in [3.8, 4) is 5.75 Å². The highest BCUT2D eigenvalue weighted by Gasteiger charge is 2.34. The van der Waals surface area contributed by atoms with E-state index in [1.807, 2.05) is 31.6 Å². The fourth-order valence-corrected chi connectivity index (χ4v) is 3.49. The summed E-state index contributed by atoms with van der Waals surface area (Å²) in [7, 11) is 3.58. The molecule has 1 aliphatic rings. The summed E-state index contributed by atoms with van der Waals surface area (Å²) in [6, 6.07) is 6.12. The van der Waals surface area contributed by atoms with Crippen molar-refractivity contribution < 1.29 is 9.53 Å². The summed E-state index contributed by atoms with van der Waals surface area (Å²) in [6.07, 6.45) is 4.61. The second-order valence-corrected chi connectivity index (χ2v) is 6.67. The van der Waals surface area contributed by atoms with Gasteiger partial charge < -0.3 is 15.4 Å². The van der Waals surface area contributed by atoms with Crippen LogP contribution in [0.15, 0.2) is 30.6 Å². The fraction of sp³-hybridized carbons (Fsp3) is 0.474. The number of nitrogens with zero attached hydrogens (tertiary/aromatic N) is 2. The summed E-state index contributed by atoms with van der Waals surface area (Å²) in [5.41, 5.74) is 3.43. The Morgan fingerprint density at radius 1 is 1.44 bits per heavy atom. The van der Waals surface area contributed by atoms with Crippen LogP contribution in [0.4, 0.5) is 0 Å². The average Bonchev–Trinajstić information content (AvgIpc) is 3.23. The third kappa shape index (κ3) is 4.02. The standard InChI is InChI=1S/C19H26N4O2/c1-13-4-5-18(25-3)14(8-13)6-7-21-19(24)17-11-20-10-16(17)15-9-22-23(2)12-15/h4-5,8-9,12,16-17,20H,6-7,10-11H2,1-3H3,(H,21,24)/t16-,17+/m1/s1. The minimum atomic E-state index is -0.0522. The number of aromatic nitrogens is 2. The lowest BCUT2D eigenvalue weighted by Gasteiger charge is -2.17. The molecule has 0 radical (unpaired) electrons. The molecule has 0 bridgehead atoms. The number of ether oxygens (including phenoxy) is 1. The fourth-order valence-electron chi connectivity index (χ4n) is 3.49. The van der Waals surface area contributed by atoms with Crippen LogP contribution in [0.1, 0.15) is 22.6 Å². The molecule has 6 nitrogen and oxygen atoms in total. The van der Waals surface area contributed by atoms with Crippen molar-refractivity contribution in [2.24, 2.45) is 13.0 Å². The molecule has 2 atom stereocenters. The zero-order chi connectivity index (χ0) is 17.8. The molecule has 1 fully saturated rings. The molecular weight excluding hydrogens is 316 g/mol. The van der Waals surface area contributed by atoms with Crippen LogP contribution in [-0.4, -0.2) is 42.4 Å². The van der Waals surface area contributed by atoms with Crippen molar-refractivity contribution >= 4 is 5.91 Å². The number of amides is 1. The molecular formula is C19H26N4O2. The quantitative estimate of drug-likeness (QED) is 0.833. The molecule has 6 heteroatoms. The van der Waals surface area contributed by atoms with Crippen LogP contribution in [-0.2, 0) is 18.3 Å². The first-order valence-electron chi connectivity index (χ1n) is 8.69. The molecule has 2 aromatic rings. The van der Waals surface area contributed by atoms with E-state index in [9.17, 15) is 4.79 Å². The highest BCUT2D eigenvalue weighted by molar-refractivity contribution is 5.80. The topological polar surface area (TPSA) is 68.2 Å². The largest absolute Gasteiger partial charge is 0.496 e. The Kier molecular flexibility index (Phi) is 5.38. The Balaban J connectivity index is 1.58. The van der Waals surface area contributed by atoms with Gasteiger partial charge >= 0.3 is 0 Å². The van der Waals surface area contributed by atoms with Crippen molar-refractivity contribution in [1.82, 2.24) is 20.4 Å². The molecule has 1 aromatic carbocycles. The lowest BCUT2D eigenvalue weighted by Crippen LogP contribution is -2.35. The summed E-state index contributed by atoms with van der Waals surface area (Å²) in [4.78, 5) is 12.6. The van der Waals surface area contributed by atoms with Gasteiger partial charge in [0.1, 0.15) is 5.75 Å². The Morgan fingerprint density at radius 2 is 2.28 bits per heavy atom. The van der Waals surface area contributed by atoms with E-state index >= 15 is 0 Å². The molecule has 25 heavy (non-hydrogen) atoms. The minimum Gasteiger partial charge on any atom is -0.496 e. The normalized spacial score (nSPS) is 19.8. The van der Waals surface area contributed by atoms with Gasteiger partial charge in [-0.2, -0.15) is 5.10 Å². The van der Waals surface area contributed by atoms with Crippen molar-refractivity contribution in [2.75, 3.05) is 26.7 Å². The van der Waals surface area contributed by atoms with Crippen molar-refractivity contribution in [1.29, 1.82) is 0 Å². The first kappa shape index (κ1) is 17.5. The number of nitrogens with one attached hydrogen (secondary N) is 2. The SMILES string of the molecule is COc1ccc(C)cc1CCNC(=O)[C@H]1CNC[C@@H]1c1cnn(C)c1. The molecule has 0 aliphatic carbocycles. The van der Waals surface area contributed by atoms with Gasteiger partial charge in [0.2, 0.25) is 5.91 Å². The molecule has 0 unspecified atom stereocenters. The van der Waals surface area contributed by atoms with Crippen molar-refractivity contribution in [3.63, 3.8) is 0 Å². The molecule has 1 aromatic heterocycles. The van der Waals surface area contributed by atoms with Gasteiger partial charge in [-0.3, -0.25) is 9.48 Å². The lowest BCUT2D eigenvalue weighted by molar-refractivity contribution is -0.124. The van der Waals surface area contributed by atoms with Crippen LogP contribution < -0.4 is 15.4 Å². The Morgan fingerprint density at radius 3 is 3.00 bits per heavy atom. The van der Waals surface area contributed by atoms with E-state index in [0.717, 1.165) is 29.8 Å². The number of hydrogen-bond acceptors (Lipinski definition) is 4. The summed E-state index contributed by atoms with van der Waals surface area (Å²) in [6.45, 7) is 4.19. The van der Waals surface area contributed by atoms with Gasteiger partial charge in [-0.1, -0.05) is 17.7 Å². The zero-order valence-electron chi connectivity index (χ0n) is 15.1. The van der Waals surface area contributed by atoms with E-state index in [2.05, 4.69) is 28.7 Å². The monoisotopic (exact) mass is 342 g/mol. The second kappa shape index (κ2) is 7.70. The van der Waals surface area contributed by atoms with E-state index in [-0.39, 0.29) is 17.7 Å². The Hall–Kier alpha value is -2.34. The molecule has 1 amide bonds. The maximum absolute atomic E-state index is 12.6. The maximum atomic E-state index is 12.6. The van der Waals surface area contributed by atoms with E-state index in [1.54, 1.807) is 11.8 Å². The van der Waals surface area contributed by atoms with Crippen LogP contribution in [0.5, 0.6) is 5.75 Å². The predicted octanol–water partition coefficient (Wildman–Crippen LogP) is 1.40. The molecule has 0 saturated carbocycles. The van der Waals surface area contributed by atoms with Crippen LogP contribution in [0, 0.1) is 12.8 Å². The lowest BCUT2D eigenvalue weighted by atomic mass is 9.90. The predicted molar refractivity (Wildman–Crippen MR) is 96.8 cm³/mol. The number of carbonyl (C=O) groups excluding carboxylic acids is 1. The smallest absolute Gasteiger partial charge is 0.225 e. The van der Waals surface area contributed by atoms with Gasteiger partial charge in [0.05, 0.1) is 19.2 Å². The molecule has 2 heterocycles. The summed E-state index contributed by atoms with van der Waals surface area (Å²) in [5.74, 6) is 1.10. The van der Waals surface area contributed by atoms with Gasteiger partial charge in [-0.05, 0) is 30.5 Å². The van der Waals surface area contributed by atoms with Gasteiger partial charge in [0, 0.05) is 38.8 Å². The molecule has 1 aliphatic heterocycles. The number of methoxy groups -OCH3 is 1. The van der Waals surface area contributed by atoms with Gasteiger partial charge in [0.15, 0.2) is 0 Å². The summed E-state index contributed by atoms with van der Waals surface area (Å²) >= 11 is 0. The third-order valence-corrected chi connectivity index (χ3v) is 4.83. The molecule has 0 spiro atoms. The van der Waals surface area contributed by atoms with Gasteiger partial charge in [0.25, 0.3) is 0 Å². The number of benzene rings is 1. The molecule has 1 saturated heterocycles. The van der Waals surface area contributed by atoms with Crippen LogP contribution in [0.25, 0.3) is 0 Å². The molecule has 2 N–H and O–H groups in total. The van der Waals surface area contributed by atoms with Crippen molar-refractivity contribution in [2.45, 2.75) is 19.3 Å².